The van der Waals surface area contributed by atoms with Crippen LogP contribution in [0, 0.1) is 11.3 Å². The molecule has 1 aromatic rings. The second kappa shape index (κ2) is 4.45. The average Bonchev–Trinajstić information content (AvgIpc) is 2.82. The Kier molecular flexibility index (Phi) is 3.08. The Hall–Kier alpha value is -1.10. The molecule has 5 heteroatoms. The van der Waals surface area contributed by atoms with Gasteiger partial charge < -0.3 is 4.57 Å². The average molecular weight is 295 g/mol. The molecule has 1 saturated heterocycles. The van der Waals surface area contributed by atoms with Crippen LogP contribution in [0.1, 0.15) is 42.7 Å². The van der Waals surface area contributed by atoms with Crippen LogP contribution in [0.4, 0.5) is 0 Å². The van der Waals surface area contributed by atoms with Crippen LogP contribution in [0.2, 0.25) is 0 Å². The Labute approximate surface area is 120 Å². The fraction of sp³-hybridized carbons (Fsp3) is 0.667. The number of sulfone groups is 1. The van der Waals surface area contributed by atoms with E-state index in [1.165, 1.54) is 0 Å². The largest absolute Gasteiger partial charge is 0.350 e. The first kappa shape index (κ1) is 13.9. The predicted molar refractivity (Wildman–Crippen MR) is 77.6 cm³/mol. The van der Waals surface area contributed by atoms with Gasteiger partial charge in [-0.05, 0) is 30.2 Å². The van der Waals surface area contributed by atoms with Crippen LogP contribution < -0.4 is 0 Å². The SMILES string of the molecule is CC1(C)CC(=O)c2ccn(CC3CCS(=O)(=O)C3)c2C1. The number of fused-ring (bicyclic) bond motifs is 1. The normalized spacial score (nSPS) is 27.5. The summed E-state index contributed by atoms with van der Waals surface area (Å²) in [5, 5.41) is 0. The van der Waals surface area contributed by atoms with E-state index in [4.69, 9.17) is 0 Å². The van der Waals surface area contributed by atoms with Crippen molar-refractivity contribution in [2.75, 3.05) is 11.5 Å². The second-order valence-electron chi connectivity index (χ2n) is 7.04. The van der Waals surface area contributed by atoms with Gasteiger partial charge in [0, 0.05) is 30.4 Å². The van der Waals surface area contributed by atoms with Gasteiger partial charge in [0.1, 0.15) is 0 Å². The van der Waals surface area contributed by atoms with Crippen molar-refractivity contribution in [1.29, 1.82) is 0 Å². The third-order valence-electron chi connectivity index (χ3n) is 4.45. The lowest BCUT2D eigenvalue weighted by Gasteiger charge is -2.30. The molecule has 110 valence electrons. The van der Waals surface area contributed by atoms with Crippen LogP contribution in [-0.2, 0) is 22.8 Å². The summed E-state index contributed by atoms with van der Waals surface area (Å²) in [6, 6.07) is 1.90. The monoisotopic (exact) mass is 295 g/mol. The maximum absolute atomic E-state index is 12.1. The molecule has 3 rings (SSSR count). The standard InChI is InChI=1S/C15H21NO3S/c1-15(2)7-13-12(14(17)8-15)3-5-16(13)9-11-4-6-20(18,19)10-11/h3,5,11H,4,6-10H2,1-2H3. The molecule has 0 aromatic carbocycles. The van der Waals surface area contributed by atoms with Crippen molar-refractivity contribution >= 4 is 15.6 Å². The zero-order valence-electron chi connectivity index (χ0n) is 12.1. The Morgan fingerprint density at radius 1 is 1.35 bits per heavy atom. The highest BCUT2D eigenvalue weighted by Crippen LogP contribution is 2.35. The van der Waals surface area contributed by atoms with Gasteiger partial charge >= 0.3 is 0 Å². The van der Waals surface area contributed by atoms with Crippen LogP contribution in [0.25, 0.3) is 0 Å². The zero-order valence-corrected chi connectivity index (χ0v) is 12.9. The number of hydrogen-bond acceptors (Lipinski definition) is 3. The number of hydrogen-bond donors (Lipinski definition) is 0. The molecule has 1 aromatic heterocycles. The minimum atomic E-state index is -2.83. The van der Waals surface area contributed by atoms with Gasteiger partial charge in [-0.2, -0.15) is 0 Å². The van der Waals surface area contributed by atoms with E-state index in [-0.39, 0.29) is 22.9 Å². The summed E-state index contributed by atoms with van der Waals surface area (Å²) in [5.74, 6) is 1.01. The Morgan fingerprint density at radius 3 is 2.75 bits per heavy atom. The van der Waals surface area contributed by atoms with Gasteiger partial charge in [-0.3, -0.25) is 4.79 Å². The second-order valence-corrected chi connectivity index (χ2v) is 9.27. The van der Waals surface area contributed by atoms with Crippen LogP contribution in [0.15, 0.2) is 12.3 Å². The van der Waals surface area contributed by atoms with Crippen LogP contribution in [-0.4, -0.2) is 30.3 Å². The number of carbonyl (C=O) groups excluding carboxylic acids is 1. The molecule has 1 aliphatic heterocycles. The van der Waals surface area contributed by atoms with Gasteiger partial charge in [0.25, 0.3) is 0 Å². The maximum atomic E-state index is 12.1. The topological polar surface area (TPSA) is 56.1 Å². The molecule has 1 aliphatic carbocycles. The van der Waals surface area contributed by atoms with Gasteiger partial charge in [0.05, 0.1) is 11.5 Å². The molecule has 0 amide bonds. The highest BCUT2D eigenvalue weighted by atomic mass is 32.2. The summed E-state index contributed by atoms with van der Waals surface area (Å²) in [5.41, 5.74) is 1.93. The van der Waals surface area contributed by atoms with Crippen LogP contribution in [0.3, 0.4) is 0 Å². The number of ketones is 1. The number of aromatic nitrogens is 1. The molecule has 1 unspecified atom stereocenters. The molecule has 0 saturated carbocycles. The van der Waals surface area contributed by atoms with E-state index >= 15 is 0 Å². The van der Waals surface area contributed by atoms with Crippen molar-refractivity contribution in [3.63, 3.8) is 0 Å². The molecular formula is C15H21NO3S. The number of Topliss-reactive ketones (excluding diaryl/α,β-unsaturated/α-hetero) is 1. The van der Waals surface area contributed by atoms with Crippen molar-refractivity contribution in [1.82, 2.24) is 4.57 Å². The molecule has 0 radical (unpaired) electrons. The molecule has 2 aliphatic rings. The highest BCUT2D eigenvalue weighted by Gasteiger charge is 2.34. The fourth-order valence-electron chi connectivity index (χ4n) is 3.47. The minimum Gasteiger partial charge on any atom is -0.350 e. The molecule has 0 spiro atoms. The first-order chi connectivity index (χ1) is 9.26. The van der Waals surface area contributed by atoms with Gasteiger partial charge in [-0.25, -0.2) is 8.42 Å². The molecule has 1 fully saturated rings. The third kappa shape index (κ3) is 2.55. The Morgan fingerprint density at radius 2 is 2.10 bits per heavy atom. The van der Waals surface area contributed by atoms with E-state index in [9.17, 15) is 13.2 Å². The Bertz CT molecular complexity index is 655. The molecular weight excluding hydrogens is 274 g/mol. The molecule has 1 atom stereocenters. The van der Waals surface area contributed by atoms with Crippen molar-refractivity contribution in [2.24, 2.45) is 11.3 Å². The third-order valence-corrected chi connectivity index (χ3v) is 6.28. The van der Waals surface area contributed by atoms with Crippen molar-refractivity contribution in [3.05, 3.63) is 23.5 Å². The lowest BCUT2D eigenvalue weighted by Crippen LogP contribution is -2.28. The van der Waals surface area contributed by atoms with E-state index < -0.39 is 9.84 Å². The maximum Gasteiger partial charge on any atom is 0.165 e. The summed E-state index contributed by atoms with van der Waals surface area (Å²) < 4.78 is 25.2. The van der Waals surface area contributed by atoms with E-state index in [0.29, 0.717) is 12.2 Å². The number of nitrogens with zero attached hydrogens (tertiary/aromatic N) is 1. The number of carbonyl (C=O) groups is 1. The Balaban J connectivity index is 1.85. The molecule has 20 heavy (non-hydrogen) atoms. The van der Waals surface area contributed by atoms with Gasteiger partial charge in [-0.1, -0.05) is 13.8 Å². The van der Waals surface area contributed by atoms with Gasteiger partial charge in [-0.15, -0.1) is 0 Å². The zero-order chi connectivity index (χ0) is 14.5. The summed E-state index contributed by atoms with van der Waals surface area (Å²) in [6.07, 6.45) is 4.18. The van der Waals surface area contributed by atoms with E-state index in [0.717, 1.165) is 30.6 Å². The van der Waals surface area contributed by atoms with Gasteiger partial charge in [0.2, 0.25) is 0 Å². The molecule has 4 nitrogen and oxygen atoms in total. The van der Waals surface area contributed by atoms with Crippen molar-refractivity contribution in [3.8, 4) is 0 Å². The van der Waals surface area contributed by atoms with E-state index in [2.05, 4.69) is 18.4 Å². The lowest BCUT2D eigenvalue weighted by molar-refractivity contribution is 0.0909. The first-order valence-corrected chi connectivity index (χ1v) is 9.00. The van der Waals surface area contributed by atoms with Crippen molar-refractivity contribution in [2.45, 2.75) is 39.7 Å². The minimum absolute atomic E-state index is 0.00192. The lowest BCUT2D eigenvalue weighted by atomic mass is 9.76. The fourth-order valence-corrected chi connectivity index (χ4v) is 5.32. The smallest absolute Gasteiger partial charge is 0.165 e. The summed E-state index contributed by atoms with van der Waals surface area (Å²) in [4.78, 5) is 12.1. The quantitative estimate of drug-likeness (QED) is 0.839. The van der Waals surface area contributed by atoms with Crippen LogP contribution in [0.5, 0.6) is 0 Å². The van der Waals surface area contributed by atoms with E-state index in [1.807, 2.05) is 12.3 Å². The molecule has 0 N–H and O–H groups in total. The summed E-state index contributed by atoms with van der Waals surface area (Å²) in [7, 11) is -2.83. The van der Waals surface area contributed by atoms with Crippen molar-refractivity contribution < 1.29 is 13.2 Å². The number of rotatable bonds is 2. The van der Waals surface area contributed by atoms with Gasteiger partial charge in [0.15, 0.2) is 15.6 Å². The summed E-state index contributed by atoms with van der Waals surface area (Å²) >= 11 is 0. The molecule has 0 bridgehead atoms. The predicted octanol–water partition coefficient (Wildman–Crippen LogP) is 2.08. The molecule has 2 heterocycles. The van der Waals surface area contributed by atoms with E-state index in [1.54, 1.807) is 0 Å². The first-order valence-electron chi connectivity index (χ1n) is 7.17. The van der Waals surface area contributed by atoms with Crippen LogP contribution >= 0.6 is 0 Å². The highest BCUT2D eigenvalue weighted by molar-refractivity contribution is 7.91. The summed E-state index contributed by atoms with van der Waals surface area (Å²) in [6.45, 7) is 4.95.